The zero-order valence-corrected chi connectivity index (χ0v) is 12.8. The van der Waals surface area contributed by atoms with Crippen molar-refractivity contribution in [3.8, 4) is 0 Å². The Morgan fingerprint density at radius 3 is 2.73 bits per heavy atom. The van der Waals surface area contributed by atoms with Crippen molar-refractivity contribution >= 4 is 23.4 Å². The number of hydrazine groups is 1. The molecule has 0 saturated heterocycles. The predicted molar refractivity (Wildman–Crippen MR) is 82.1 cm³/mol. The average molecular weight is 322 g/mol. The summed E-state index contributed by atoms with van der Waals surface area (Å²) in [5, 5.41) is 0.654. The van der Waals surface area contributed by atoms with E-state index in [1.807, 2.05) is 18.2 Å². The molecule has 2 aromatic rings. The monoisotopic (exact) mass is 321 g/mol. The van der Waals surface area contributed by atoms with E-state index in [1.165, 1.54) is 12.3 Å². The van der Waals surface area contributed by atoms with Gasteiger partial charge in [0, 0.05) is 11.6 Å². The fourth-order valence-electron chi connectivity index (χ4n) is 1.88. The lowest BCUT2D eigenvalue weighted by Gasteiger charge is -2.16. The molecule has 0 saturated carbocycles. The van der Waals surface area contributed by atoms with Gasteiger partial charge in [0.25, 0.3) is 5.91 Å². The Labute approximate surface area is 133 Å². The molecule has 1 aromatic heterocycles. The Kier molecular flexibility index (Phi) is 5.57. The van der Waals surface area contributed by atoms with Gasteiger partial charge in [-0.3, -0.25) is 25.3 Å². The summed E-state index contributed by atoms with van der Waals surface area (Å²) in [6.07, 6.45) is 1.38. The van der Waals surface area contributed by atoms with E-state index < -0.39 is 5.91 Å². The second-order valence-corrected chi connectivity index (χ2v) is 5.22. The molecule has 7 heteroatoms. The Morgan fingerprint density at radius 2 is 2.05 bits per heavy atom. The molecule has 1 aromatic carbocycles. The zero-order chi connectivity index (χ0) is 15.9. The number of nitrogens with zero attached hydrogens (tertiary/aromatic N) is 1. The van der Waals surface area contributed by atoms with Crippen LogP contribution >= 0.6 is 11.6 Å². The minimum atomic E-state index is -0.504. The third-order valence-electron chi connectivity index (χ3n) is 2.82. The van der Waals surface area contributed by atoms with Crippen molar-refractivity contribution < 1.29 is 14.0 Å². The largest absolute Gasteiger partial charge is 0.459 e. The molecule has 0 spiro atoms. The Hall–Kier alpha value is -2.31. The molecule has 2 amide bonds. The van der Waals surface area contributed by atoms with E-state index in [1.54, 1.807) is 24.1 Å². The fourth-order valence-corrected chi connectivity index (χ4v) is 2.10. The Morgan fingerprint density at radius 1 is 1.23 bits per heavy atom. The number of benzene rings is 1. The molecule has 1 heterocycles. The van der Waals surface area contributed by atoms with Gasteiger partial charge < -0.3 is 4.42 Å². The number of furan rings is 1. The summed E-state index contributed by atoms with van der Waals surface area (Å²) in [5.74, 6) is -0.701. The number of amides is 2. The van der Waals surface area contributed by atoms with Crippen molar-refractivity contribution in [2.24, 2.45) is 0 Å². The summed E-state index contributed by atoms with van der Waals surface area (Å²) in [6.45, 7) is 0.699. The lowest BCUT2D eigenvalue weighted by atomic mass is 10.2. The molecule has 0 bridgehead atoms. The normalized spacial score (nSPS) is 10.5. The maximum atomic E-state index is 11.8. The topological polar surface area (TPSA) is 74.6 Å². The highest BCUT2D eigenvalue weighted by atomic mass is 35.5. The summed E-state index contributed by atoms with van der Waals surface area (Å²) < 4.78 is 4.91. The van der Waals surface area contributed by atoms with Gasteiger partial charge in [-0.25, -0.2) is 0 Å². The first-order chi connectivity index (χ1) is 10.5. The van der Waals surface area contributed by atoms with Gasteiger partial charge >= 0.3 is 5.91 Å². The van der Waals surface area contributed by atoms with Gasteiger partial charge in [-0.2, -0.15) is 0 Å². The van der Waals surface area contributed by atoms with Crippen LogP contribution < -0.4 is 10.9 Å². The van der Waals surface area contributed by atoms with Crippen molar-refractivity contribution in [1.29, 1.82) is 0 Å². The van der Waals surface area contributed by atoms with Gasteiger partial charge in [-0.1, -0.05) is 23.7 Å². The molecule has 0 aliphatic heterocycles. The van der Waals surface area contributed by atoms with E-state index in [0.717, 1.165) is 5.56 Å². The number of rotatable bonds is 5. The highest BCUT2D eigenvalue weighted by molar-refractivity contribution is 6.30. The van der Waals surface area contributed by atoms with Crippen LogP contribution in [0.4, 0.5) is 0 Å². The van der Waals surface area contributed by atoms with Crippen LogP contribution in [0.15, 0.2) is 47.1 Å². The van der Waals surface area contributed by atoms with Crippen LogP contribution in [0.1, 0.15) is 16.1 Å². The fraction of sp³-hybridized carbons (Fsp3) is 0.200. The lowest BCUT2D eigenvalue weighted by molar-refractivity contribution is -0.122. The third kappa shape index (κ3) is 4.91. The van der Waals surface area contributed by atoms with Gasteiger partial charge in [0.1, 0.15) is 0 Å². The quantitative estimate of drug-likeness (QED) is 0.824. The molecule has 0 aliphatic carbocycles. The molecule has 116 valence electrons. The van der Waals surface area contributed by atoms with Crippen molar-refractivity contribution in [3.05, 3.63) is 59.0 Å². The minimum Gasteiger partial charge on any atom is -0.459 e. The van der Waals surface area contributed by atoms with E-state index in [0.29, 0.717) is 11.6 Å². The molecule has 2 N–H and O–H groups in total. The number of carbonyl (C=O) groups is 2. The number of likely N-dealkylation sites (N-methyl/N-ethyl adjacent to an activating group) is 1. The molecule has 0 radical (unpaired) electrons. The van der Waals surface area contributed by atoms with Gasteiger partial charge in [0.05, 0.1) is 12.8 Å². The zero-order valence-electron chi connectivity index (χ0n) is 12.0. The molecule has 0 aliphatic rings. The van der Waals surface area contributed by atoms with Crippen LogP contribution in [0.2, 0.25) is 5.02 Å². The van der Waals surface area contributed by atoms with Crippen LogP contribution in [0, 0.1) is 0 Å². The smallest absolute Gasteiger partial charge is 0.305 e. The van der Waals surface area contributed by atoms with E-state index in [9.17, 15) is 9.59 Å². The van der Waals surface area contributed by atoms with Crippen LogP contribution in [0.3, 0.4) is 0 Å². The number of nitrogens with one attached hydrogen (secondary N) is 2. The van der Waals surface area contributed by atoms with E-state index in [-0.39, 0.29) is 18.2 Å². The highest BCUT2D eigenvalue weighted by Crippen LogP contribution is 2.11. The highest BCUT2D eigenvalue weighted by Gasteiger charge is 2.11. The first kappa shape index (κ1) is 16.1. The van der Waals surface area contributed by atoms with Crippen molar-refractivity contribution in [3.63, 3.8) is 0 Å². The van der Waals surface area contributed by atoms with Gasteiger partial charge in [0.15, 0.2) is 5.76 Å². The molecule has 0 atom stereocenters. The summed E-state index contributed by atoms with van der Waals surface area (Å²) in [4.78, 5) is 25.1. The molecule has 2 rings (SSSR count). The number of carbonyl (C=O) groups excluding carboxylic acids is 2. The van der Waals surface area contributed by atoms with E-state index in [2.05, 4.69) is 10.9 Å². The van der Waals surface area contributed by atoms with Gasteiger partial charge in [-0.15, -0.1) is 0 Å². The van der Waals surface area contributed by atoms with Crippen molar-refractivity contribution in [2.45, 2.75) is 6.54 Å². The van der Waals surface area contributed by atoms with E-state index >= 15 is 0 Å². The summed E-state index contributed by atoms with van der Waals surface area (Å²) in [5.41, 5.74) is 5.62. The average Bonchev–Trinajstić information content (AvgIpc) is 2.98. The summed E-state index contributed by atoms with van der Waals surface area (Å²) in [7, 11) is 1.80. The Bertz CT molecular complexity index is 643. The second kappa shape index (κ2) is 7.63. The maximum absolute atomic E-state index is 11.8. The Balaban J connectivity index is 1.75. The third-order valence-corrected chi connectivity index (χ3v) is 3.05. The molecule has 0 unspecified atom stereocenters. The molecular weight excluding hydrogens is 306 g/mol. The maximum Gasteiger partial charge on any atom is 0.305 e. The summed E-state index contributed by atoms with van der Waals surface area (Å²) in [6, 6.07) is 10.5. The first-order valence-electron chi connectivity index (χ1n) is 6.60. The standard InChI is InChI=1S/C15H16ClN3O3/c1-19(9-11-4-2-5-12(16)8-11)10-14(20)17-18-15(21)13-6-3-7-22-13/h2-8H,9-10H2,1H3,(H,17,20)(H,18,21). The van der Waals surface area contributed by atoms with Crippen molar-refractivity contribution in [1.82, 2.24) is 15.8 Å². The van der Waals surface area contributed by atoms with Gasteiger partial charge in [-0.05, 0) is 36.9 Å². The predicted octanol–water partition coefficient (Wildman–Crippen LogP) is 1.83. The van der Waals surface area contributed by atoms with Gasteiger partial charge in [0.2, 0.25) is 0 Å². The van der Waals surface area contributed by atoms with Crippen LogP contribution in [-0.4, -0.2) is 30.3 Å². The number of hydrogen-bond donors (Lipinski definition) is 2. The second-order valence-electron chi connectivity index (χ2n) is 4.78. The first-order valence-corrected chi connectivity index (χ1v) is 6.98. The molecule has 0 fully saturated rings. The number of hydrogen-bond acceptors (Lipinski definition) is 4. The van der Waals surface area contributed by atoms with Crippen LogP contribution in [-0.2, 0) is 11.3 Å². The van der Waals surface area contributed by atoms with Crippen LogP contribution in [0.5, 0.6) is 0 Å². The molecule has 22 heavy (non-hydrogen) atoms. The minimum absolute atomic E-state index is 0.130. The molecule has 6 nitrogen and oxygen atoms in total. The lowest BCUT2D eigenvalue weighted by Crippen LogP contribution is -2.45. The molecular formula is C15H16ClN3O3. The summed E-state index contributed by atoms with van der Waals surface area (Å²) >= 11 is 5.91. The van der Waals surface area contributed by atoms with Crippen molar-refractivity contribution in [2.75, 3.05) is 13.6 Å². The number of halogens is 1. The van der Waals surface area contributed by atoms with E-state index in [4.69, 9.17) is 16.0 Å². The van der Waals surface area contributed by atoms with Crippen LogP contribution in [0.25, 0.3) is 0 Å². The SMILES string of the molecule is CN(CC(=O)NNC(=O)c1ccco1)Cc1cccc(Cl)c1.